The number of aromatic hydroxyl groups is 1. The largest absolute Gasteiger partial charge is 0.508 e. The second-order valence-corrected chi connectivity index (χ2v) is 9.93. The minimum absolute atomic E-state index is 0.0732. The average Bonchev–Trinajstić information content (AvgIpc) is 3.27. The lowest BCUT2D eigenvalue weighted by atomic mass is 10.00. The Hall–Kier alpha value is -3.14. The Morgan fingerprint density at radius 1 is 1.09 bits per heavy atom. The number of aliphatic carboxylic acids is 1. The summed E-state index contributed by atoms with van der Waals surface area (Å²) in [4.78, 5) is 52.1. The van der Waals surface area contributed by atoms with Crippen LogP contribution in [0.15, 0.2) is 24.3 Å². The highest BCUT2D eigenvalue weighted by Gasteiger charge is 2.40. The molecule has 1 saturated heterocycles. The van der Waals surface area contributed by atoms with Gasteiger partial charge in [0.2, 0.25) is 17.7 Å². The third-order valence-corrected chi connectivity index (χ3v) is 6.12. The molecule has 0 saturated carbocycles. The van der Waals surface area contributed by atoms with Gasteiger partial charge in [0.05, 0.1) is 6.04 Å². The fourth-order valence-electron chi connectivity index (χ4n) is 4.20. The number of amides is 3. The number of likely N-dealkylation sites (tertiary alicyclic amines) is 1. The summed E-state index contributed by atoms with van der Waals surface area (Å²) in [6.07, 6.45) is 1.53. The van der Waals surface area contributed by atoms with Gasteiger partial charge in [-0.3, -0.25) is 14.4 Å². The van der Waals surface area contributed by atoms with Gasteiger partial charge in [-0.05, 0) is 55.2 Å². The van der Waals surface area contributed by atoms with E-state index < -0.39 is 47.9 Å². The van der Waals surface area contributed by atoms with Crippen LogP contribution in [-0.2, 0) is 25.6 Å². The first kappa shape index (κ1) is 28.1. The molecule has 194 valence electrons. The number of carbonyl (C=O) groups excluding carboxylic acids is 3. The van der Waals surface area contributed by atoms with Crippen molar-refractivity contribution in [2.45, 2.75) is 77.5 Å². The summed E-state index contributed by atoms with van der Waals surface area (Å²) in [6.45, 7) is 7.67. The third-order valence-electron chi connectivity index (χ3n) is 6.12. The quantitative estimate of drug-likeness (QED) is 0.309. The number of phenols is 1. The van der Waals surface area contributed by atoms with E-state index in [0.29, 0.717) is 19.4 Å². The molecule has 4 atom stereocenters. The smallest absolute Gasteiger partial charge is 0.326 e. The molecule has 10 heteroatoms. The van der Waals surface area contributed by atoms with Crippen LogP contribution in [0.4, 0.5) is 0 Å². The normalized spacial score (nSPS) is 18.3. The molecule has 1 aliphatic heterocycles. The van der Waals surface area contributed by atoms with E-state index in [2.05, 4.69) is 10.6 Å². The minimum atomic E-state index is -1.11. The molecule has 0 aromatic heterocycles. The Kier molecular flexibility index (Phi) is 10.1. The molecule has 0 spiro atoms. The highest BCUT2D eigenvalue weighted by Crippen LogP contribution is 2.21. The fraction of sp³-hybridized carbons (Fsp3) is 0.600. The number of benzene rings is 1. The number of rotatable bonds is 11. The first-order valence-electron chi connectivity index (χ1n) is 12.1. The number of carboxylic acid groups (broad SMARTS) is 1. The highest BCUT2D eigenvalue weighted by molar-refractivity contribution is 5.94. The summed E-state index contributed by atoms with van der Waals surface area (Å²) in [5, 5.41) is 24.2. The maximum Gasteiger partial charge on any atom is 0.326 e. The standard InChI is InChI=1S/C25H38N4O6/c1-14(2)12-19(25(34)35)27-23(32)20-6-5-11-29(20)24(33)21(15(3)4)28-22(31)18(26)13-16-7-9-17(30)10-8-16/h7-10,14-15,18-21,30H,5-6,11-13,26H2,1-4H3,(H,27,32)(H,28,31)(H,34,35)/t18-,19-,20-,21-/m0/s1. The van der Waals surface area contributed by atoms with Crippen LogP contribution in [0.2, 0.25) is 0 Å². The summed E-state index contributed by atoms with van der Waals surface area (Å²) in [7, 11) is 0. The Morgan fingerprint density at radius 2 is 1.71 bits per heavy atom. The fourth-order valence-corrected chi connectivity index (χ4v) is 4.20. The van der Waals surface area contributed by atoms with E-state index in [-0.39, 0.29) is 30.4 Å². The Morgan fingerprint density at radius 3 is 2.26 bits per heavy atom. The number of carbonyl (C=O) groups is 4. The predicted octanol–water partition coefficient (Wildman–Crippen LogP) is 1.01. The summed E-state index contributed by atoms with van der Waals surface area (Å²) < 4.78 is 0. The van der Waals surface area contributed by atoms with Crippen molar-refractivity contribution in [1.82, 2.24) is 15.5 Å². The van der Waals surface area contributed by atoms with Gasteiger partial charge < -0.3 is 31.5 Å². The lowest BCUT2D eigenvalue weighted by molar-refractivity contribution is -0.145. The number of hydrogen-bond donors (Lipinski definition) is 5. The number of carboxylic acids is 1. The van der Waals surface area contributed by atoms with Crippen molar-refractivity contribution in [3.8, 4) is 5.75 Å². The SMILES string of the molecule is CC(C)C[C@H](NC(=O)[C@@H]1CCCN1C(=O)[C@@H](NC(=O)[C@@H](N)Cc1ccc(O)cc1)C(C)C)C(=O)O. The molecule has 10 nitrogen and oxygen atoms in total. The predicted molar refractivity (Wildman–Crippen MR) is 130 cm³/mol. The molecule has 1 aromatic carbocycles. The van der Waals surface area contributed by atoms with Gasteiger partial charge in [0.1, 0.15) is 23.9 Å². The summed E-state index contributed by atoms with van der Waals surface area (Å²) in [5.74, 6) is -2.57. The zero-order chi connectivity index (χ0) is 26.3. The molecule has 0 unspecified atom stereocenters. The topological polar surface area (TPSA) is 162 Å². The van der Waals surface area contributed by atoms with E-state index in [1.165, 1.54) is 17.0 Å². The number of hydrogen-bond acceptors (Lipinski definition) is 6. The van der Waals surface area contributed by atoms with Gasteiger partial charge in [0.25, 0.3) is 0 Å². The number of phenolic OH excluding ortho intramolecular Hbond substituents is 1. The lowest BCUT2D eigenvalue weighted by Gasteiger charge is -2.31. The molecule has 35 heavy (non-hydrogen) atoms. The van der Waals surface area contributed by atoms with Gasteiger partial charge in [-0.25, -0.2) is 4.79 Å². The molecule has 3 amide bonds. The van der Waals surface area contributed by atoms with E-state index in [9.17, 15) is 29.4 Å². The number of nitrogens with one attached hydrogen (secondary N) is 2. The van der Waals surface area contributed by atoms with Crippen molar-refractivity contribution >= 4 is 23.7 Å². The van der Waals surface area contributed by atoms with Gasteiger partial charge in [-0.15, -0.1) is 0 Å². The van der Waals surface area contributed by atoms with E-state index in [1.807, 2.05) is 13.8 Å². The molecule has 0 bridgehead atoms. The van der Waals surface area contributed by atoms with Crippen LogP contribution >= 0.6 is 0 Å². The van der Waals surface area contributed by atoms with Crippen LogP contribution in [0.3, 0.4) is 0 Å². The Labute approximate surface area is 206 Å². The Balaban J connectivity index is 2.07. The third kappa shape index (κ3) is 7.95. The van der Waals surface area contributed by atoms with Crippen molar-refractivity contribution in [3.63, 3.8) is 0 Å². The summed E-state index contributed by atoms with van der Waals surface area (Å²) in [6, 6.07) is 2.75. The zero-order valence-electron chi connectivity index (χ0n) is 20.9. The molecule has 1 aromatic rings. The molecular weight excluding hydrogens is 452 g/mol. The van der Waals surface area contributed by atoms with Crippen LogP contribution in [0.1, 0.15) is 52.5 Å². The van der Waals surface area contributed by atoms with E-state index in [4.69, 9.17) is 5.73 Å². The molecule has 0 radical (unpaired) electrons. The maximum absolute atomic E-state index is 13.4. The molecule has 2 rings (SSSR count). The summed E-state index contributed by atoms with van der Waals surface area (Å²) in [5.41, 5.74) is 6.84. The van der Waals surface area contributed by atoms with Gasteiger partial charge in [0.15, 0.2) is 0 Å². The zero-order valence-corrected chi connectivity index (χ0v) is 20.9. The van der Waals surface area contributed by atoms with Gasteiger partial charge in [0, 0.05) is 6.54 Å². The van der Waals surface area contributed by atoms with Crippen molar-refractivity contribution in [1.29, 1.82) is 0 Å². The van der Waals surface area contributed by atoms with Crippen LogP contribution in [0.25, 0.3) is 0 Å². The molecule has 6 N–H and O–H groups in total. The number of nitrogens with zero attached hydrogens (tertiary/aromatic N) is 1. The van der Waals surface area contributed by atoms with E-state index in [0.717, 1.165) is 5.56 Å². The van der Waals surface area contributed by atoms with Crippen molar-refractivity contribution in [3.05, 3.63) is 29.8 Å². The second-order valence-electron chi connectivity index (χ2n) is 9.93. The van der Waals surface area contributed by atoms with E-state index in [1.54, 1.807) is 26.0 Å². The van der Waals surface area contributed by atoms with E-state index >= 15 is 0 Å². The monoisotopic (exact) mass is 490 g/mol. The van der Waals surface area contributed by atoms with Crippen LogP contribution in [0.5, 0.6) is 5.75 Å². The van der Waals surface area contributed by atoms with Gasteiger partial charge >= 0.3 is 5.97 Å². The van der Waals surface area contributed by atoms with Gasteiger partial charge in [-0.1, -0.05) is 39.8 Å². The van der Waals surface area contributed by atoms with Crippen molar-refractivity contribution < 1.29 is 29.4 Å². The van der Waals surface area contributed by atoms with Gasteiger partial charge in [-0.2, -0.15) is 0 Å². The molecule has 1 fully saturated rings. The molecule has 0 aliphatic carbocycles. The molecule has 1 aliphatic rings. The van der Waals surface area contributed by atoms with Crippen molar-refractivity contribution in [2.75, 3.05) is 6.54 Å². The lowest BCUT2D eigenvalue weighted by Crippen LogP contribution is -2.58. The number of nitrogens with two attached hydrogens (primary N) is 1. The molecular formula is C25H38N4O6. The average molecular weight is 491 g/mol. The maximum atomic E-state index is 13.4. The van der Waals surface area contributed by atoms with Crippen LogP contribution in [-0.4, -0.2) is 69.5 Å². The summed E-state index contributed by atoms with van der Waals surface area (Å²) >= 11 is 0. The first-order chi connectivity index (χ1) is 16.4. The van der Waals surface area contributed by atoms with Crippen LogP contribution < -0.4 is 16.4 Å². The van der Waals surface area contributed by atoms with Crippen LogP contribution in [0, 0.1) is 11.8 Å². The Bertz CT molecular complexity index is 902. The molecule has 1 heterocycles. The van der Waals surface area contributed by atoms with Crippen molar-refractivity contribution in [2.24, 2.45) is 17.6 Å². The minimum Gasteiger partial charge on any atom is -0.508 e. The highest BCUT2D eigenvalue weighted by atomic mass is 16.4. The second kappa shape index (κ2) is 12.5. The first-order valence-corrected chi connectivity index (χ1v) is 12.1.